The molecule has 3 aromatic rings. The summed E-state index contributed by atoms with van der Waals surface area (Å²) >= 11 is 0. The number of urea groups is 1. The van der Waals surface area contributed by atoms with E-state index in [1.165, 1.54) is 11.1 Å². The van der Waals surface area contributed by atoms with Crippen LogP contribution < -0.4 is 10.6 Å². The van der Waals surface area contributed by atoms with E-state index in [0.29, 0.717) is 6.42 Å². The fraction of sp³-hybridized carbons (Fsp3) is 0.370. The first-order chi connectivity index (χ1) is 16.1. The Morgan fingerprint density at radius 2 is 1.79 bits per heavy atom. The zero-order valence-electron chi connectivity index (χ0n) is 18.8. The summed E-state index contributed by atoms with van der Waals surface area (Å²) < 4.78 is 0. The number of pyridine rings is 1. The van der Waals surface area contributed by atoms with Crippen LogP contribution in [0.4, 0.5) is 4.79 Å². The van der Waals surface area contributed by atoms with Crippen molar-refractivity contribution in [3.8, 4) is 0 Å². The van der Waals surface area contributed by atoms with Gasteiger partial charge in [0.25, 0.3) is 5.91 Å². The SMILES string of the molecule is O=C1NC(=O)[C@@](CCCc2ccccc2)(C2CCN(Cc3ccc4cccnc4c3)CC2)N1. The first-order valence-electron chi connectivity index (χ1n) is 11.9. The lowest BCUT2D eigenvalue weighted by atomic mass is 9.74. The highest BCUT2D eigenvalue weighted by molar-refractivity contribution is 6.07. The third-order valence-corrected chi connectivity index (χ3v) is 7.21. The minimum absolute atomic E-state index is 0.147. The predicted octanol–water partition coefficient (Wildman–Crippen LogP) is 4.05. The van der Waals surface area contributed by atoms with E-state index >= 15 is 0 Å². The monoisotopic (exact) mass is 442 g/mol. The molecule has 0 radical (unpaired) electrons. The van der Waals surface area contributed by atoms with E-state index in [4.69, 9.17) is 0 Å². The van der Waals surface area contributed by atoms with Crippen molar-refractivity contribution in [1.29, 1.82) is 0 Å². The van der Waals surface area contributed by atoms with E-state index in [1.807, 2.05) is 30.5 Å². The molecule has 2 aliphatic heterocycles. The van der Waals surface area contributed by atoms with Gasteiger partial charge in [-0.3, -0.25) is 20.0 Å². The Bertz CT molecular complexity index is 1140. The van der Waals surface area contributed by atoms with Crippen LogP contribution >= 0.6 is 0 Å². The molecule has 2 N–H and O–H groups in total. The van der Waals surface area contributed by atoms with Crippen LogP contribution in [-0.2, 0) is 17.8 Å². The Morgan fingerprint density at radius 1 is 0.970 bits per heavy atom. The smallest absolute Gasteiger partial charge is 0.322 e. The summed E-state index contributed by atoms with van der Waals surface area (Å²) in [7, 11) is 0. The number of fused-ring (bicyclic) bond motifs is 1. The molecule has 0 saturated carbocycles. The topological polar surface area (TPSA) is 74.3 Å². The van der Waals surface area contributed by atoms with Crippen LogP contribution in [0.15, 0.2) is 66.9 Å². The van der Waals surface area contributed by atoms with E-state index < -0.39 is 5.54 Å². The molecule has 0 spiro atoms. The molecular formula is C27H30N4O2. The van der Waals surface area contributed by atoms with Crippen LogP contribution in [0.5, 0.6) is 0 Å². The summed E-state index contributed by atoms with van der Waals surface area (Å²) in [4.78, 5) is 31.9. The second kappa shape index (κ2) is 9.32. The molecule has 6 nitrogen and oxygen atoms in total. The number of benzene rings is 2. The minimum Gasteiger partial charge on any atom is -0.323 e. The van der Waals surface area contributed by atoms with Crippen molar-refractivity contribution in [2.24, 2.45) is 5.92 Å². The highest BCUT2D eigenvalue weighted by Gasteiger charge is 2.51. The number of imide groups is 1. The van der Waals surface area contributed by atoms with Crippen molar-refractivity contribution >= 4 is 22.8 Å². The lowest BCUT2D eigenvalue weighted by Gasteiger charge is -2.40. The van der Waals surface area contributed by atoms with Crippen LogP contribution in [0.1, 0.15) is 36.8 Å². The van der Waals surface area contributed by atoms with Gasteiger partial charge in [0.05, 0.1) is 5.52 Å². The molecule has 1 atom stereocenters. The molecule has 2 fully saturated rings. The molecule has 3 amide bonds. The fourth-order valence-electron chi connectivity index (χ4n) is 5.44. The summed E-state index contributed by atoms with van der Waals surface area (Å²) in [6.07, 6.45) is 6.05. The highest BCUT2D eigenvalue weighted by atomic mass is 16.2. The summed E-state index contributed by atoms with van der Waals surface area (Å²) in [5, 5.41) is 6.70. The number of nitrogens with one attached hydrogen (secondary N) is 2. The third-order valence-electron chi connectivity index (χ3n) is 7.21. The van der Waals surface area contributed by atoms with Crippen molar-refractivity contribution in [3.05, 3.63) is 78.0 Å². The molecule has 0 unspecified atom stereocenters. The largest absolute Gasteiger partial charge is 0.323 e. The Kier molecular flexibility index (Phi) is 6.09. The van der Waals surface area contributed by atoms with Crippen LogP contribution in [0.3, 0.4) is 0 Å². The Hall–Kier alpha value is -3.25. The van der Waals surface area contributed by atoms with E-state index in [-0.39, 0.29) is 17.9 Å². The van der Waals surface area contributed by atoms with E-state index in [0.717, 1.165) is 56.2 Å². The van der Waals surface area contributed by atoms with Gasteiger partial charge in [-0.1, -0.05) is 48.5 Å². The number of carbonyl (C=O) groups is 2. The molecule has 170 valence electrons. The van der Waals surface area contributed by atoms with Crippen LogP contribution in [0.2, 0.25) is 0 Å². The molecule has 3 heterocycles. The summed E-state index contributed by atoms with van der Waals surface area (Å²) in [5.74, 6) is -0.00569. The van der Waals surface area contributed by atoms with Crippen molar-refractivity contribution < 1.29 is 9.59 Å². The van der Waals surface area contributed by atoms with Crippen molar-refractivity contribution in [2.75, 3.05) is 13.1 Å². The van der Waals surface area contributed by atoms with Gasteiger partial charge >= 0.3 is 6.03 Å². The third kappa shape index (κ3) is 4.62. The van der Waals surface area contributed by atoms with Crippen molar-refractivity contribution in [2.45, 2.75) is 44.2 Å². The first-order valence-corrected chi connectivity index (χ1v) is 11.9. The number of rotatable bonds is 7. The molecule has 6 heteroatoms. The van der Waals surface area contributed by atoms with Gasteiger partial charge in [-0.05, 0) is 74.4 Å². The second-order valence-corrected chi connectivity index (χ2v) is 9.30. The average Bonchev–Trinajstić information content (AvgIpc) is 3.14. The van der Waals surface area contributed by atoms with Gasteiger partial charge in [0.2, 0.25) is 0 Å². The minimum atomic E-state index is -0.787. The van der Waals surface area contributed by atoms with Crippen LogP contribution in [0, 0.1) is 5.92 Å². The normalized spacial score (nSPS) is 21.8. The number of amides is 3. The van der Waals surface area contributed by atoms with Gasteiger partial charge in [-0.15, -0.1) is 0 Å². The number of aryl methyl sites for hydroxylation is 1. The summed E-state index contributed by atoms with van der Waals surface area (Å²) in [6.45, 7) is 2.70. The first kappa shape index (κ1) is 21.6. The quantitative estimate of drug-likeness (QED) is 0.542. The molecule has 2 aromatic carbocycles. The molecule has 2 saturated heterocycles. The van der Waals surface area contributed by atoms with Gasteiger partial charge < -0.3 is 5.32 Å². The lowest BCUT2D eigenvalue weighted by molar-refractivity contribution is -0.127. The number of hydrogen-bond acceptors (Lipinski definition) is 4. The predicted molar refractivity (Wildman–Crippen MR) is 129 cm³/mol. The maximum absolute atomic E-state index is 12.9. The van der Waals surface area contributed by atoms with E-state index in [9.17, 15) is 9.59 Å². The number of nitrogens with zero attached hydrogens (tertiary/aromatic N) is 2. The average molecular weight is 443 g/mol. The van der Waals surface area contributed by atoms with Gasteiger partial charge in [0, 0.05) is 18.1 Å². The van der Waals surface area contributed by atoms with Gasteiger partial charge in [0.1, 0.15) is 5.54 Å². The maximum Gasteiger partial charge on any atom is 0.322 e. The van der Waals surface area contributed by atoms with E-state index in [2.05, 4.69) is 56.9 Å². The lowest BCUT2D eigenvalue weighted by Crippen LogP contribution is -2.56. The maximum atomic E-state index is 12.9. The number of carbonyl (C=O) groups excluding carboxylic acids is 2. The number of likely N-dealkylation sites (tertiary alicyclic amines) is 1. The number of aromatic nitrogens is 1. The standard InChI is InChI=1S/C27H30N4O2/c32-25-27(30-26(33)29-25,14-4-8-20-6-2-1-3-7-20)23-12-16-31(17-13-23)19-21-10-11-22-9-5-15-28-24(22)18-21/h1-3,5-7,9-11,15,18,23H,4,8,12-14,16-17,19H2,(H2,29,30,32,33)/t27-/m1/s1. The van der Waals surface area contributed by atoms with Crippen molar-refractivity contribution in [3.63, 3.8) is 0 Å². The zero-order chi connectivity index (χ0) is 22.7. The van der Waals surface area contributed by atoms with Crippen molar-refractivity contribution in [1.82, 2.24) is 20.5 Å². The molecule has 1 aromatic heterocycles. The molecule has 0 aliphatic carbocycles. The Balaban J connectivity index is 1.22. The van der Waals surface area contributed by atoms with E-state index in [1.54, 1.807) is 0 Å². The number of piperidine rings is 1. The second-order valence-electron chi connectivity index (χ2n) is 9.30. The molecule has 0 bridgehead atoms. The van der Waals surface area contributed by atoms with Gasteiger partial charge in [-0.25, -0.2) is 4.79 Å². The van der Waals surface area contributed by atoms with Gasteiger partial charge in [0.15, 0.2) is 0 Å². The summed E-state index contributed by atoms with van der Waals surface area (Å²) in [6, 6.07) is 20.5. The highest BCUT2D eigenvalue weighted by Crippen LogP contribution is 2.35. The molecule has 2 aliphatic rings. The Labute approximate surface area is 194 Å². The number of hydrogen-bond donors (Lipinski definition) is 2. The van der Waals surface area contributed by atoms with Crippen LogP contribution in [0.25, 0.3) is 10.9 Å². The summed E-state index contributed by atoms with van der Waals surface area (Å²) in [5.41, 5.74) is 2.75. The fourth-order valence-corrected chi connectivity index (χ4v) is 5.44. The van der Waals surface area contributed by atoms with Crippen LogP contribution in [-0.4, -0.2) is 40.5 Å². The molecular weight excluding hydrogens is 412 g/mol. The Morgan fingerprint density at radius 3 is 2.55 bits per heavy atom. The van der Waals surface area contributed by atoms with Gasteiger partial charge in [-0.2, -0.15) is 0 Å². The molecule has 5 rings (SSSR count). The molecule has 33 heavy (non-hydrogen) atoms. The zero-order valence-corrected chi connectivity index (χ0v) is 18.8.